The molecule has 106 valence electrons. The number of benzene rings is 1. The molecule has 3 rings (SSSR count). The van der Waals surface area contributed by atoms with Gasteiger partial charge in [-0.3, -0.25) is 4.68 Å². The number of fused-ring (bicyclic) bond motifs is 1. The third-order valence-corrected chi connectivity index (χ3v) is 3.68. The highest BCUT2D eigenvalue weighted by Crippen LogP contribution is 2.27. The maximum atomic E-state index is 5.92. The predicted molar refractivity (Wildman–Crippen MR) is 78.9 cm³/mol. The first-order chi connectivity index (χ1) is 9.76. The van der Waals surface area contributed by atoms with Crippen LogP contribution in [-0.4, -0.2) is 22.4 Å². The maximum absolute atomic E-state index is 5.92. The summed E-state index contributed by atoms with van der Waals surface area (Å²) in [4.78, 5) is 0. The minimum atomic E-state index is 0.242. The van der Waals surface area contributed by atoms with Crippen molar-refractivity contribution in [1.82, 2.24) is 15.1 Å². The number of hydrogen-bond acceptors (Lipinski definition) is 3. The van der Waals surface area contributed by atoms with Crippen molar-refractivity contribution in [3.63, 3.8) is 0 Å². The summed E-state index contributed by atoms with van der Waals surface area (Å²) < 4.78 is 7.97. The highest BCUT2D eigenvalue weighted by Gasteiger charge is 2.21. The maximum Gasteiger partial charge on any atom is 0.123 e. The zero-order valence-corrected chi connectivity index (χ0v) is 12.1. The van der Waals surface area contributed by atoms with Gasteiger partial charge in [0, 0.05) is 26.1 Å². The zero-order chi connectivity index (χ0) is 13.9. The van der Waals surface area contributed by atoms with Crippen LogP contribution in [0.4, 0.5) is 0 Å². The Labute approximate surface area is 119 Å². The third kappa shape index (κ3) is 2.70. The minimum Gasteiger partial charge on any atom is -0.488 e. The van der Waals surface area contributed by atoms with Crippen LogP contribution in [-0.2, 0) is 19.5 Å². The summed E-state index contributed by atoms with van der Waals surface area (Å²) in [5.41, 5.74) is 3.63. The minimum absolute atomic E-state index is 0.242. The lowest BCUT2D eigenvalue weighted by atomic mass is 10.1. The normalized spacial score (nSPS) is 17.0. The molecule has 1 N–H and O–H groups in total. The molecule has 2 heterocycles. The number of rotatable bonds is 5. The molecule has 1 aliphatic rings. The summed E-state index contributed by atoms with van der Waals surface area (Å²) in [6.07, 6.45) is 1.24. The van der Waals surface area contributed by atoms with E-state index in [1.54, 1.807) is 0 Å². The van der Waals surface area contributed by atoms with Crippen LogP contribution in [0.1, 0.15) is 23.9 Å². The topological polar surface area (TPSA) is 39.1 Å². The lowest BCUT2D eigenvalue weighted by molar-refractivity contribution is 0.227. The molecule has 4 heteroatoms. The van der Waals surface area contributed by atoms with Crippen LogP contribution in [0.3, 0.4) is 0 Å². The van der Waals surface area contributed by atoms with Crippen LogP contribution >= 0.6 is 0 Å². The monoisotopic (exact) mass is 271 g/mol. The lowest BCUT2D eigenvalue weighted by Gasteiger charge is -2.12. The summed E-state index contributed by atoms with van der Waals surface area (Å²) >= 11 is 0. The molecule has 0 fully saturated rings. The third-order valence-electron chi connectivity index (χ3n) is 3.68. The van der Waals surface area contributed by atoms with E-state index >= 15 is 0 Å². The molecule has 0 bridgehead atoms. The van der Waals surface area contributed by atoms with Crippen LogP contribution in [0, 0.1) is 6.92 Å². The fourth-order valence-electron chi connectivity index (χ4n) is 2.74. The van der Waals surface area contributed by atoms with Gasteiger partial charge in [0.25, 0.3) is 0 Å². The number of aromatic nitrogens is 2. The molecule has 1 aliphatic heterocycles. The number of aryl methyl sites for hydroxylation is 2. The summed E-state index contributed by atoms with van der Waals surface area (Å²) in [7, 11) is 0. The second-order valence-electron chi connectivity index (χ2n) is 5.28. The van der Waals surface area contributed by atoms with Gasteiger partial charge in [-0.05, 0) is 31.5 Å². The van der Waals surface area contributed by atoms with Crippen LogP contribution in [0.25, 0.3) is 0 Å². The molecule has 1 aromatic heterocycles. The SMILES string of the molecule is CCn1nc(C)cc1CNCC1Cc2ccccc2O1. The zero-order valence-electron chi connectivity index (χ0n) is 12.1. The molecule has 4 nitrogen and oxygen atoms in total. The van der Waals surface area contributed by atoms with Crippen molar-refractivity contribution in [2.24, 2.45) is 0 Å². The highest BCUT2D eigenvalue weighted by molar-refractivity contribution is 5.37. The first-order valence-electron chi connectivity index (χ1n) is 7.25. The Morgan fingerprint density at radius 2 is 2.25 bits per heavy atom. The van der Waals surface area contributed by atoms with Gasteiger partial charge in [-0.1, -0.05) is 18.2 Å². The molecule has 2 aromatic rings. The number of ether oxygens (including phenoxy) is 1. The molecule has 0 amide bonds. The predicted octanol–water partition coefficient (Wildman–Crippen LogP) is 2.30. The summed E-state index contributed by atoms with van der Waals surface area (Å²) in [5.74, 6) is 1.04. The molecule has 1 aromatic carbocycles. The quantitative estimate of drug-likeness (QED) is 0.907. The Morgan fingerprint density at radius 3 is 3.05 bits per heavy atom. The molecule has 1 atom stereocenters. The molecular weight excluding hydrogens is 250 g/mol. The van der Waals surface area contributed by atoms with E-state index in [4.69, 9.17) is 4.74 Å². The van der Waals surface area contributed by atoms with Gasteiger partial charge in [-0.25, -0.2) is 0 Å². The van der Waals surface area contributed by atoms with Crippen LogP contribution < -0.4 is 10.1 Å². The summed E-state index contributed by atoms with van der Waals surface area (Å²) in [6.45, 7) is 6.77. The molecule has 0 spiro atoms. The average Bonchev–Trinajstić information content (AvgIpc) is 3.01. The van der Waals surface area contributed by atoms with E-state index in [0.717, 1.165) is 37.5 Å². The van der Waals surface area contributed by atoms with E-state index in [9.17, 15) is 0 Å². The molecule has 0 saturated heterocycles. The highest BCUT2D eigenvalue weighted by atomic mass is 16.5. The van der Waals surface area contributed by atoms with Gasteiger partial charge in [-0.15, -0.1) is 0 Å². The van der Waals surface area contributed by atoms with Crippen molar-refractivity contribution < 1.29 is 4.74 Å². The van der Waals surface area contributed by atoms with Crippen molar-refractivity contribution in [3.8, 4) is 5.75 Å². The first-order valence-corrected chi connectivity index (χ1v) is 7.25. The van der Waals surface area contributed by atoms with Gasteiger partial charge in [0.2, 0.25) is 0 Å². The molecular formula is C16H21N3O. The summed E-state index contributed by atoms with van der Waals surface area (Å²) in [6, 6.07) is 10.4. The Hall–Kier alpha value is -1.81. The standard InChI is InChI=1S/C16H21N3O/c1-3-19-14(8-12(2)18-19)10-17-11-15-9-13-6-4-5-7-16(13)20-15/h4-8,15,17H,3,9-11H2,1-2H3. The van der Waals surface area contributed by atoms with Gasteiger partial charge in [0.1, 0.15) is 11.9 Å². The van der Waals surface area contributed by atoms with Gasteiger partial charge < -0.3 is 10.1 Å². The molecule has 1 unspecified atom stereocenters. The second-order valence-corrected chi connectivity index (χ2v) is 5.28. The molecule has 0 radical (unpaired) electrons. The van der Waals surface area contributed by atoms with Crippen LogP contribution in [0.15, 0.2) is 30.3 Å². The fraction of sp³-hybridized carbons (Fsp3) is 0.438. The van der Waals surface area contributed by atoms with E-state index in [-0.39, 0.29) is 6.10 Å². The molecule has 0 saturated carbocycles. The fourth-order valence-corrected chi connectivity index (χ4v) is 2.74. The summed E-state index contributed by atoms with van der Waals surface area (Å²) in [5, 5.41) is 7.94. The van der Waals surface area contributed by atoms with Crippen LogP contribution in [0.5, 0.6) is 5.75 Å². The smallest absolute Gasteiger partial charge is 0.123 e. The Bertz CT molecular complexity index is 566. The number of hydrogen-bond donors (Lipinski definition) is 1. The van der Waals surface area contributed by atoms with E-state index in [1.165, 1.54) is 11.3 Å². The van der Waals surface area contributed by atoms with Gasteiger partial charge >= 0.3 is 0 Å². The van der Waals surface area contributed by atoms with Gasteiger partial charge in [-0.2, -0.15) is 5.10 Å². The number of nitrogens with zero attached hydrogens (tertiary/aromatic N) is 2. The number of para-hydroxylation sites is 1. The van der Waals surface area contributed by atoms with Crippen molar-refractivity contribution in [3.05, 3.63) is 47.3 Å². The number of nitrogens with one attached hydrogen (secondary N) is 1. The Kier molecular flexibility index (Phi) is 3.74. The average molecular weight is 271 g/mol. The Morgan fingerprint density at radius 1 is 1.40 bits per heavy atom. The van der Waals surface area contributed by atoms with E-state index in [0.29, 0.717) is 0 Å². The van der Waals surface area contributed by atoms with E-state index in [1.807, 2.05) is 23.7 Å². The van der Waals surface area contributed by atoms with Crippen molar-refractivity contribution in [2.75, 3.05) is 6.54 Å². The second kappa shape index (κ2) is 5.67. The van der Waals surface area contributed by atoms with Crippen molar-refractivity contribution >= 4 is 0 Å². The van der Waals surface area contributed by atoms with E-state index < -0.39 is 0 Å². The first kappa shape index (κ1) is 13.2. The van der Waals surface area contributed by atoms with Crippen LogP contribution in [0.2, 0.25) is 0 Å². The molecule has 0 aliphatic carbocycles. The van der Waals surface area contributed by atoms with Crippen molar-refractivity contribution in [1.29, 1.82) is 0 Å². The largest absolute Gasteiger partial charge is 0.488 e. The molecule has 20 heavy (non-hydrogen) atoms. The van der Waals surface area contributed by atoms with E-state index in [2.05, 4.69) is 35.5 Å². The van der Waals surface area contributed by atoms with Gasteiger partial charge in [0.15, 0.2) is 0 Å². The van der Waals surface area contributed by atoms with Crippen molar-refractivity contribution in [2.45, 2.75) is 39.5 Å². The Balaban J connectivity index is 1.52. The lowest BCUT2D eigenvalue weighted by Crippen LogP contribution is -2.30. The van der Waals surface area contributed by atoms with Gasteiger partial charge in [0.05, 0.1) is 11.4 Å².